The van der Waals surface area contributed by atoms with Crippen LogP contribution in [0.5, 0.6) is 0 Å². The molecule has 158 valence electrons. The van der Waals surface area contributed by atoms with Gasteiger partial charge in [0.05, 0.1) is 11.0 Å². The minimum Gasteiger partial charge on any atom is -0.324 e. The average molecular weight is 411 g/mol. The quantitative estimate of drug-likeness (QED) is 0.508. The first-order chi connectivity index (χ1) is 15.3. The molecule has 31 heavy (non-hydrogen) atoms. The van der Waals surface area contributed by atoms with Crippen LogP contribution >= 0.6 is 0 Å². The minimum atomic E-state index is 0.544. The Morgan fingerprint density at radius 2 is 1.68 bits per heavy atom. The molecule has 1 aromatic heterocycles. The van der Waals surface area contributed by atoms with Crippen LogP contribution in [-0.4, -0.2) is 40.6 Å². The van der Waals surface area contributed by atoms with Gasteiger partial charge in [-0.2, -0.15) is 0 Å². The van der Waals surface area contributed by atoms with Crippen LogP contribution in [0, 0.1) is 0 Å². The van der Waals surface area contributed by atoms with E-state index in [4.69, 9.17) is 4.98 Å². The van der Waals surface area contributed by atoms with Crippen molar-refractivity contribution in [3.8, 4) is 0 Å². The molecule has 6 rings (SSSR count). The lowest BCUT2D eigenvalue weighted by atomic mass is 10.0. The summed E-state index contributed by atoms with van der Waals surface area (Å²) in [5, 5.41) is 6.20. The van der Waals surface area contributed by atoms with Gasteiger partial charge in [-0.15, -0.1) is 0 Å². The number of benzene rings is 3. The summed E-state index contributed by atoms with van der Waals surface area (Å²) in [5.41, 5.74) is 3.89. The van der Waals surface area contributed by atoms with Crippen molar-refractivity contribution in [1.29, 1.82) is 0 Å². The lowest BCUT2D eigenvalue weighted by molar-refractivity contribution is 0.179. The molecule has 4 heteroatoms. The van der Waals surface area contributed by atoms with Crippen LogP contribution in [0.3, 0.4) is 0 Å². The second-order valence-electron chi connectivity index (χ2n) is 9.21. The van der Waals surface area contributed by atoms with E-state index in [1.54, 1.807) is 0 Å². The molecule has 0 aliphatic carbocycles. The Hall–Kier alpha value is -2.69. The monoisotopic (exact) mass is 410 g/mol. The lowest BCUT2D eigenvalue weighted by Crippen LogP contribution is -2.34. The fraction of sp³-hybridized carbons (Fsp3) is 0.370. The summed E-state index contributed by atoms with van der Waals surface area (Å²) in [6.07, 6.45) is 3.59. The number of imidazole rings is 1. The normalized spacial score (nSPS) is 20.7. The predicted molar refractivity (Wildman–Crippen MR) is 127 cm³/mol. The van der Waals surface area contributed by atoms with E-state index in [1.807, 2.05) is 0 Å². The molecule has 1 atom stereocenters. The molecular weight excluding hydrogens is 380 g/mol. The van der Waals surface area contributed by atoms with Crippen molar-refractivity contribution in [2.24, 2.45) is 0 Å². The lowest BCUT2D eigenvalue weighted by Gasteiger charge is -2.34. The molecule has 0 spiro atoms. The van der Waals surface area contributed by atoms with Crippen LogP contribution in [0.2, 0.25) is 0 Å². The second-order valence-corrected chi connectivity index (χ2v) is 9.21. The molecule has 3 heterocycles. The Kier molecular flexibility index (Phi) is 4.97. The molecule has 3 aromatic carbocycles. The van der Waals surface area contributed by atoms with Gasteiger partial charge in [-0.1, -0.05) is 48.5 Å². The smallest absolute Gasteiger partial charge is 0.114 e. The summed E-state index contributed by atoms with van der Waals surface area (Å²) in [5.74, 6) is 1.85. The zero-order valence-corrected chi connectivity index (χ0v) is 18.0. The third-order valence-corrected chi connectivity index (χ3v) is 7.19. The van der Waals surface area contributed by atoms with Crippen molar-refractivity contribution in [3.05, 3.63) is 78.1 Å². The molecule has 0 radical (unpaired) electrons. The van der Waals surface area contributed by atoms with Crippen molar-refractivity contribution in [3.63, 3.8) is 0 Å². The van der Waals surface area contributed by atoms with Crippen LogP contribution in [-0.2, 0) is 6.54 Å². The van der Waals surface area contributed by atoms with Gasteiger partial charge in [0.15, 0.2) is 0 Å². The molecular formula is C27H30N4. The summed E-state index contributed by atoms with van der Waals surface area (Å²) >= 11 is 0. The van der Waals surface area contributed by atoms with Gasteiger partial charge in [0.1, 0.15) is 5.82 Å². The highest BCUT2D eigenvalue weighted by Crippen LogP contribution is 2.34. The number of piperidine rings is 1. The summed E-state index contributed by atoms with van der Waals surface area (Å²) < 4.78 is 2.60. The van der Waals surface area contributed by atoms with Crippen molar-refractivity contribution in [2.75, 3.05) is 26.2 Å². The van der Waals surface area contributed by atoms with E-state index in [1.165, 1.54) is 46.9 Å². The molecule has 0 unspecified atom stereocenters. The molecule has 2 fully saturated rings. The van der Waals surface area contributed by atoms with E-state index in [0.717, 1.165) is 38.2 Å². The number of para-hydroxylation sites is 2. The molecule has 1 N–H and O–H groups in total. The number of aromatic nitrogens is 2. The van der Waals surface area contributed by atoms with Crippen LogP contribution in [0.1, 0.15) is 42.6 Å². The predicted octanol–water partition coefficient (Wildman–Crippen LogP) is 5.10. The van der Waals surface area contributed by atoms with Crippen molar-refractivity contribution < 1.29 is 0 Å². The summed E-state index contributed by atoms with van der Waals surface area (Å²) in [7, 11) is 0. The molecule has 0 amide bonds. The van der Waals surface area contributed by atoms with E-state index in [-0.39, 0.29) is 0 Å². The van der Waals surface area contributed by atoms with Crippen LogP contribution in [0.25, 0.3) is 21.8 Å². The first kappa shape index (κ1) is 19.0. The number of nitrogens with zero attached hydrogens (tertiary/aromatic N) is 3. The maximum absolute atomic E-state index is 5.09. The average Bonchev–Trinajstić information content (AvgIpc) is 3.48. The Morgan fingerprint density at radius 3 is 2.52 bits per heavy atom. The van der Waals surface area contributed by atoms with Crippen molar-refractivity contribution >= 4 is 21.8 Å². The van der Waals surface area contributed by atoms with E-state index >= 15 is 0 Å². The molecule has 4 nitrogen and oxygen atoms in total. The number of nitrogens with one attached hydrogen (secondary N) is 1. The highest BCUT2D eigenvalue weighted by molar-refractivity contribution is 5.83. The molecule has 0 saturated carbocycles. The summed E-state index contributed by atoms with van der Waals surface area (Å²) in [6, 6.07) is 24.8. The first-order valence-electron chi connectivity index (χ1n) is 11.7. The molecule has 2 saturated heterocycles. The topological polar surface area (TPSA) is 33.1 Å². The van der Waals surface area contributed by atoms with Crippen LogP contribution in [0.15, 0.2) is 66.7 Å². The van der Waals surface area contributed by atoms with Crippen molar-refractivity contribution in [1.82, 2.24) is 19.8 Å². The third-order valence-electron chi connectivity index (χ3n) is 7.19. The third kappa shape index (κ3) is 3.64. The summed E-state index contributed by atoms with van der Waals surface area (Å²) in [6.45, 7) is 5.50. The van der Waals surface area contributed by atoms with E-state index in [0.29, 0.717) is 12.0 Å². The zero-order chi connectivity index (χ0) is 20.6. The van der Waals surface area contributed by atoms with Gasteiger partial charge in [-0.3, -0.25) is 4.90 Å². The van der Waals surface area contributed by atoms with Crippen LogP contribution in [0.4, 0.5) is 0 Å². The molecule has 0 bridgehead atoms. The maximum Gasteiger partial charge on any atom is 0.114 e. The van der Waals surface area contributed by atoms with Gasteiger partial charge in [0.2, 0.25) is 0 Å². The Balaban J connectivity index is 1.21. The van der Waals surface area contributed by atoms with E-state index in [9.17, 15) is 0 Å². The highest BCUT2D eigenvalue weighted by atomic mass is 15.2. The van der Waals surface area contributed by atoms with Crippen molar-refractivity contribution in [2.45, 2.75) is 37.8 Å². The largest absolute Gasteiger partial charge is 0.324 e. The minimum absolute atomic E-state index is 0.544. The first-order valence-corrected chi connectivity index (χ1v) is 11.7. The number of likely N-dealkylation sites (tertiary alicyclic amines) is 1. The standard InChI is InChI=1S/C27H30N4/c1-2-6-22-17-20(9-10-21(22)5-1)19-30-15-12-24(13-16-30)31-26-8-4-3-7-25(26)29-27(31)23-11-14-28-18-23/h1-10,17,23-24,28H,11-16,18-19H2/t23-/m1/s1. The van der Waals surface area contributed by atoms with E-state index < -0.39 is 0 Å². The maximum atomic E-state index is 5.09. The highest BCUT2D eigenvalue weighted by Gasteiger charge is 2.29. The van der Waals surface area contributed by atoms with Gasteiger partial charge < -0.3 is 9.88 Å². The number of fused-ring (bicyclic) bond motifs is 2. The van der Waals surface area contributed by atoms with Gasteiger partial charge >= 0.3 is 0 Å². The van der Waals surface area contributed by atoms with Gasteiger partial charge in [0.25, 0.3) is 0 Å². The fourth-order valence-electron chi connectivity index (χ4n) is 5.54. The Labute approximate surface area is 183 Å². The van der Waals surface area contributed by atoms with Gasteiger partial charge in [-0.05, 0) is 60.3 Å². The second kappa shape index (κ2) is 8.10. The zero-order valence-electron chi connectivity index (χ0n) is 18.0. The van der Waals surface area contributed by atoms with E-state index in [2.05, 4.69) is 81.5 Å². The SMILES string of the molecule is c1ccc2cc(CN3CCC(n4c([C@@H]5CCNC5)nc5ccccc54)CC3)ccc2c1. The molecule has 2 aliphatic heterocycles. The van der Waals surface area contributed by atoms with Gasteiger partial charge in [-0.25, -0.2) is 4.98 Å². The number of rotatable bonds is 4. The van der Waals surface area contributed by atoms with Gasteiger partial charge in [0, 0.05) is 38.1 Å². The molecule has 2 aliphatic rings. The molecule has 4 aromatic rings. The Bertz CT molecular complexity index is 1200. The summed E-state index contributed by atoms with van der Waals surface area (Å²) in [4.78, 5) is 7.72. The Morgan fingerprint density at radius 1 is 0.871 bits per heavy atom. The number of hydrogen-bond acceptors (Lipinski definition) is 3. The van der Waals surface area contributed by atoms with Crippen LogP contribution < -0.4 is 5.32 Å². The fourth-order valence-corrected chi connectivity index (χ4v) is 5.54. The number of hydrogen-bond donors (Lipinski definition) is 1.